The maximum absolute atomic E-state index is 12.4. The summed E-state index contributed by atoms with van der Waals surface area (Å²) >= 11 is 0. The van der Waals surface area contributed by atoms with Gasteiger partial charge in [0.1, 0.15) is 6.10 Å². The van der Waals surface area contributed by atoms with Gasteiger partial charge in [0.15, 0.2) is 14.6 Å². The molecule has 2 fully saturated rings. The standard InChI is InChI=1S/C22H29N3O7S/c1-22(20(26)23-28,33(2,29)30)15-19-16-25(21(27)32-19)18-8-6-17(7-9-18)5-3-4-10-24-11-13-31-14-12-24/h6-9,19,28H,4,10-16H2,1-2H3,(H,23,26)/t19-,22?/m0/s1. The summed E-state index contributed by atoms with van der Waals surface area (Å²) in [6, 6.07) is 7.09. The average Bonchev–Trinajstić information content (AvgIpc) is 3.16. The van der Waals surface area contributed by atoms with Gasteiger partial charge in [0.05, 0.1) is 19.8 Å². The number of ether oxygens (including phenoxy) is 2. The van der Waals surface area contributed by atoms with Crippen molar-refractivity contribution in [3.8, 4) is 11.8 Å². The highest BCUT2D eigenvalue weighted by molar-refractivity contribution is 7.92. The van der Waals surface area contributed by atoms with Crippen molar-refractivity contribution in [3.05, 3.63) is 29.8 Å². The Bertz CT molecular complexity index is 1030. The van der Waals surface area contributed by atoms with Gasteiger partial charge in [0.2, 0.25) is 0 Å². The number of hydrogen-bond acceptors (Lipinski definition) is 8. The first kappa shape index (κ1) is 25.0. The van der Waals surface area contributed by atoms with Crippen molar-refractivity contribution >= 4 is 27.5 Å². The molecule has 0 aliphatic carbocycles. The monoisotopic (exact) mass is 479 g/mol. The van der Waals surface area contributed by atoms with E-state index in [1.807, 2.05) is 0 Å². The zero-order valence-electron chi connectivity index (χ0n) is 18.7. The molecule has 1 aromatic rings. The highest BCUT2D eigenvalue weighted by atomic mass is 32.2. The van der Waals surface area contributed by atoms with E-state index in [1.54, 1.807) is 24.3 Å². The lowest BCUT2D eigenvalue weighted by Gasteiger charge is -2.26. The number of nitrogens with zero attached hydrogens (tertiary/aromatic N) is 2. The summed E-state index contributed by atoms with van der Waals surface area (Å²) in [4.78, 5) is 28.1. The van der Waals surface area contributed by atoms with E-state index >= 15 is 0 Å². The van der Waals surface area contributed by atoms with E-state index in [2.05, 4.69) is 16.7 Å². The molecule has 2 saturated heterocycles. The van der Waals surface area contributed by atoms with Crippen LogP contribution < -0.4 is 10.4 Å². The summed E-state index contributed by atoms with van der Waals surface area (Å²) in [7, 11) is -3.89. The van der Waals surface area contributed by atoms with Crippen molar-refractivity contribution in [3.63, 3.8) is 0 Å². The number of morpholine rings is 1. The number of hydroxylamine groups is 1. The summed E-state index contributed by atoms with van der Waals surface area (Å²) in [5, 5.41) is 8.96. The molecule has 2 aliphatic rings. The first-order chi connectivity index (χ1) is 15.6. The molecule has 2 atom stereocenters. The molecule has 10 nitrogen and oxygen atoms in total. The van der Waals surface area contributed by atoms with E-state index in [9.17, 15) is 18.0 Å². The minimum atomic E-state index is -3.89. The lowest BCUT2D eigenvalue weighted by Crippen LogP contribution is -2.51. The van der Waals surface area contributed by atoms with Gasteiger partial charge in [0.25, 0.3) is 5.91 Å². The van der Waals surface area contributed by atoms with Gasteiger partial charge in [-0.2, -0.15) is 0 Å². The first-order valence-corrected chi connectivity index (χ1v) is 12.5. The lowest BCUT2D eigenvalue weighted by molar-refractivity contribution is -0.132. The van der Waals surface area contributed by atoms with Crippen molar-refractivity contribution in [1.29, 1.82) is 0 Å². The van der Waals surface area contributed by atoms with Gasteiger partial charge in [-0.15, -0.1) is 0 Å². The summed E-state index contributed by atoms with van der Waals surface area (Å²) in [5.41, 5.74) is 2.78. The van der Waals surface area contributed by atoms with Gasteiger partial charge in [-0.05, 0) is 31.2 Å². The Hall–Kier alpha value is -2.65. The molecule has 33 heavy (non-hydrogen) atoms. The van der Waals surface area contributed by atoms with E-state index in [1.165, 1.54) is 17.3 Å². The second kappa shape index (κ2) is 10.5. The third-order valence-electron chi connectivity index (χ3n) is 5.96. The van der Waals surface area contributed by atoms with Crippen LogP contribution in [0.2, 0.25) is 0 Å². The molecule has 0 spiro atoms. The van der Waals surface area contributed by atoms with Gasteiger partial charge in [-0.25, -0.2) is 18.7 Å². The Balaban J connectivity index is 1.60. The molecule has 1 unspecified atom stereocenters. The van der Waals surface area contributed by atoms with Gasteiger partial charge in [0, 0.05) is 50.0 Å². The number of anilines is 1. The molecule has 2 heterocycles. The van der Waals surface area contributed by atoms with E-state index in [4.69, 9.17) is 14.7 Å². The number of hydrogen-bond donors (Lipinski definition) is 2. The minimum absolute atomic E-state index is 0.0766. The van der Waals surface area contributed by atoms with Gasteiger partial charge >= 0.3 is 6.09 Å². The fourth-order valence-corrected chi connectivity index (χ4v) is 4.60. The van der Waals surface area contributed by atoms with E-state index in [-0.39, 0.29) is 13.0 Å². The minimum Gasteiger partial charge on any atom is -0.444 e. The predicted molar refractivity (Wildman–Crippen MR) is 121 cm³/mol. The topological polar surface area (TPSA) is 125 Å². The van der Waals surface area contributed by atoms with Crippen LogP contribution in [0.25, 0.3) is 0 Å². The van der Waals surface area contributed by atoms with Crippen LogP contribution in [-0.4, -0.2) is 87.0 Å². The number of carbonyl (C=O) groups is 2. The molecule has 0 radical (unpaired) electrons. The second-order valence-electron chi connectivity index (χ2n) is 8.32. The van der Waals surface area contributed by atoms with Crippen LogP contribution in [0.1, 0.15) is 25.3 Å². The zero-order valence-corrected chi connectivity index (χ0v) is 19.6. The van der Waals surface area contributed by atoms with E-state index in [0.717, 1.165) is 51.1 Å². The van der Waals surface area contributed by atoms with Gasteiger partial charge in [-0.3, -0.25) is 19.8 Å². The maximum Gasteiger partial charge on any atom is 0.414 e. The van der Waals surface area contributed by atoms with E-state index < -0.39 is 32.7 Å². The number of carbonyl (C=O) groups excluding carboxylic acids is 2. The van der Waals surface area contributed by atoms with Crippen molar-refractivity contribution < 1.29 is 32.7 Å². The average molecular weight is 480 g/mol. The SMILES string of the molecule is CC(C[C@H]1CN(c2ccc(C#CCCN3CCOCC3)cc2)C(=O)O1)(C(=O)NO)S(C)(=O)=O. The molecule has 2 aliphatic heterocycles. The predicted octanol–water partition coefficient (Wildman–Crippen LogP) is 0.784. The fourth-order valence-electron chi connectivity index (χ4n) is 3.73. The lowest BCUT2D eigenvalue weighted by atomic mass is 10.0. The Labute approximate surface area is 193 Å². The Morgan fingerprint density at radius 3 is 2.55 bits per heavy atom. The fraction of sp³-hybridized carbons (Fsp3) is 0.545. The summed E-state index contributed by atoms with van der Waals surface area (Å²) in [6.07, 6.45) is -0.105. The molecular formula is C22H29N3O7S. The Morgan fingerprint density at radius 2 is 1.94 bits per heavy atom. The number of nitrogens with one attached hydrogen (secondary N) is 1. The zero-order chi connectivity index (χ0) is 24.1. The molecule has 11 heteroatoms. The van der Waals surface area contributed by atoms with Gasteiger partial charge in [-0.1, -0.05) is 11.8 Å². The third-order valence-corrected chi connectivity index (χ3v) is 7.95. The van der Waals surface area contributed by atoms with Crippen LogP contribution in [0.3, 0.4) is 0 Å². The third kappa shape index (κ3) is 6.03. The highest BCUT2D eigenvalue weighted by Gasteiger charge is 2.48. The van der Waals surface area contributed by atoms with Crippen molar-refractivity contribution in [2.45, 2.75) is 30.6 Å². The molecular weight excluding hydrogens is 450 g/mol. The number of cyclic esters (lactones) is 1. The molecule has 3 rings (SSSR count). The van der Waals surface area contributed by atoms with Crippen LogP contribution in [0.4, 0.5) is 10.5 Å². The molecule has 180 valence electrons. The molecule has 2 amide bonds. The number of benzene rings is 1. The first-order valence-electron chi connectivity index (χ1n) is 10.7. The van der Waals surface area contributed by atoms with Crippen molar-refractivity contribution in [2.24, 2.45) is 0 Å². The summed E-state index contributed by atoms with van der Waals surface area (Å²) < 4.78 is 33.0. The molecule has 0 saturated carbocycles. The smallest absolute Gasteiger partial charge is 0.414 e. The van der Waals surface area contributed by atoms with Gasteiger partial charge < -0.3 is 9.47 Å². The molecule has 0 aromatic heterocycles. The molecule has 1 aromatic carbocycles. The number of rotatable bonds is 7. The second-order valence-corrected chi connectivity index (χ2v) is 10.8. The quantitative estimate of drug-likeness (QED) is 0.334. The Kier molecular flexibility index (Phi) is 7.97. The van der Waals surface area contributed by atoms with Crippen LogP contribution in [0, 0.1) is 11.8 Å². The number of amides is 2. The van der Waals surface area contributed by atoms with E-state index in [0.29, 0.717) is 5.69 Å². The van der Waals surface area contributed by atoms with Crippen molar-refractivity contribution in [1.82, 2.24) is 10.4 Å². The summed E-state index contributed by atoms with van der Waals surface area (Å²) in [5.74, 6) is 5.19. The van der Waals surface area contributed by atoms with Crippen molar-refractivity contribution in [2.75, 3.05) is 50.5 Å². The highest BCUT2D eigenvalue weighted by Crippen LogP contribution is 2.30. The van der Waals surface area contributed by atoms with Crippen LogP contribution in [0.5, 0.6) is 0 Å². The molecule has 2 N–H and O–H groups in total. The largest absolute Gasteiger partial charge is 0.444 e. The summed E-state index contributed by atoms with van der Waals surface area (Å²) in [6.45, 7) is 5.54. The van der Waals surface area contributed by atoms with Crippen LogP contribution in [-0.2, 0) is 24.1 Å². The Morgan fingerprint density at radius 1 is 1.27 bits per heavy atom. The van der Waals surface area contributed by atoms with Crippen LogP contribution in [0.15, 0.2) is 24.3 Å². The molecule has 0 bridgehead atoms. The maximum atomic E-state index is 12.4. The normalized spacial score (nSPS) is 21.0. The number of sulfone groups is 1. The van der Waals surface area contributed by atoms with Crippen LogP contribution >= 0.6 is 0 Å².